The molecule has 1 aliphatic rings. The third kappa shape index (κ3) is 4.76. The summed E-state index contributed by atoms with van der Waals surface area (Å²) in [6, 6.07) is 10.6. The number of amides is 1. The second-order valence-corrected chi connectivity index (χ2v) is 10.7. The lowest BCUT2D eigenvalue weighted by Gasteiger charge is -2.36. The average Bonchev–Trinajstić information content (AvgIpc) is 3.04. The summed E-state index contributed by atoms with van der Waals surface area (Å²) in [7, 11) is -4.30. The number of phenolic OH excluding ortho intramolecular Hbond substituents is 1. The normalized spacial score (nSPS) is 17.4. The van der Waals surface area contributed by atoms with Crippen LogP contribution in [0.15, 0.2) is 53.6 Å². The number of carbonyl (C=O) groups excluding carboxylic acids is 1. The van der Waals surface area contributed by atoms with Crippen LogP contribution in [0.3, 0.4) is 0 Å². The van der Waals surface area contributed by atoms with Gasteiger partial charge in [0.25, 0.3) is 15.9 Å². The predicted molar refractivity (Wildman–Crippen MR) is 130 cm³/mol. The molecule has 0 spiro atoms. The summed E-state index contributed by atoms with van der Waals surface area (Å²) in [4.78, 5) is 23.6. The van der Waals surface area contributed by atoms with Crippen LogP contribution in [0, 0.1) is 11.7 Å². The lowest BCUT2D eigenvalue weighted by Crippen LogP contribution is -2.43. The zero-order valence-electron chi connectivity index (χ0n) is 19.5. The van der Waals surface area contributed by atoms with Gasteiger partial charge in [0.15, 0.2) is 5.03 Å². The first-order chi connectivity index (χ1) is 16.4. The molecule has 0 bridgehead atoms. The van der Waals surface area contributed by atoms with Gasteiger partial charge in [-0.05, 0) is 62.6 Å². The number of hydrogen-bond acceptors (Lipinski definition) is 8. The number of phenols is 1. The number of anilines is 2. The van der Waals surface area contributed by atoms with Gasteiger partial charge < -0.3 is 15.7 Å². The number of pyridine rings is 2. The quantitative estimate of drug-likeness (QED) is 0.486. The highest BCUT2D eigenvalue weighted by molar-refractivity contribution is 7.90. The van der Waals surface area contributed by atoms with Crippen LogP contribution in [0.4, 0.5) is 16.0 Å². The van der Waals surface area contributed by atoms with Crippen LogP contribution in [-0.2, 0) is 10.0 Å². The van der Waals surface area contributed by atoms with Crippen molar-refractivity contribution in [2.45, 2.75) is 37.8 Å². The molecule has 11 heteroatoms. The van der Waals surface area contributed by atoms with Crippen molar-refractivity contribution >= 4 is 27.6 Å². The number of halogens is 1. The fourth-order valence-corrected chi connectivity index (χ4v) is 5.07. The number of hydrogen-bond donors (Lipinski definition) is 3. The SMILES string of the molecule is CC1CCN(c2nc(-c3cc(O)cc(F)c3)ccc2C(=O)NS(=O)(=O)c2cccc(N)n2)C1(C)C. The first kappa shape index (κ1) is 24.4. The van der Waals surface area contributed by atoms with Crippen LogP contribution in [0.5, 0.6) is 5.75 Å². The monoisotopic (exact) mass is 499 g/mol. The molecule has 1 unspecified atom stereocenters. The lowest BCUT2D eigenvalue weighted by atomic mass is 9.90. The van der Waals surface area contributed by atoms with E-state index in [-0.39, 0.29) is 39.4 Å². The molecule has 1 fully saturated rings. The zero-order valence-corrected chi connectivity index (χ0v) is 20.3. The van der Waals surface area contributed by atoms with Crippen molar-refractivity contribution in [3.63, 3.8) is 0 Å². The van der Waals surface area contributed by atoms with Gasteiger partial charge in [-0.15, -0.1) is 0 Å². The molecule has 4 rings (SSSR count). The number of nitrogen functional groups attached to an aromatic ring is 1. The van der Waals surface area contributed by atoms with Gasteiger partial charge in [-0.1, -0.05) is 13.0 Å². The van der Waals surface area contributed by atoms with E-state index in [4.69, 9.17) is 5.73 Å². The van der Waals surface area contributed by atoms with Crippen molar-refractivity contribution < 1.29 is 22.7 Å². The number of benzene rings is 1. The zero-order chi connectivity index (χ0) is 25.5. The molecule has 0 saturated carbocycles. The Morgan fingerprint density at radius 3 is 2.57 bits per heavy atom. The van der Waals surface area contributed by atoms with E-state index in [0.717, 1.165) is 12.5 Å². The van der Waals surface area contributed by atoms with E-state index >= 15 is 0 Å². The smallest absolute Gasteiger partial charge is 0.281 e. The van der Waals surface area contributed by atoms with Crippen molar-refractivity contribution in [1.82, 2.24) is 14.7 Å². The number of aromatic nitrogens is 2. The van der Waals surface area contributed by atoms with Gasteiger partial charge in [0, 0.05) is 23.7 Å². The second kappa shape index (κ2) is 8.81. The van der Waals surface area contributed by atoms with E-state index in [1.807, 2.05) is 23.5 Å². The highest BCUT2D eigenvalue weighted by Gasteiger charge is 2.41. The molecule has 4 N–H and O–H groups in total. The fraction of sp³-hybridized carbons (Fsp3) is 0.292. The maximum absolute atomic E-state index is 13.9. The van der Waals surface area contributed by atoms with E-state index in [9.17, 15) is 22.7 Å². The minimum atomic E-state index is -4.30. The van der Waals surface area contributed by atoms with Crippen LogP contribution in [0.2, 0.25) is 0 Å². The second-order valence-electron chi connectivity index (χ2n) is 9.10. The summed E-state index contributed by atoms with van der Waals surface area (Å²) in [5, 5.41) is 9.44. The topological polar surface area (TPSA) is 139 Å². The number of carbonyl (C=O) groups is 1. The third-order valence-electron chi connectivity index (χ3n) is 6.49. The Bertz CT molecular complexity index is 1390. The Balaban J connectivity index is 1.79. The number of aromatic hydroxyl groups is 1. The minimum absolute atomic E-state index is 0.00168. The predicted octanol–water partition coefficient (Wildman–Crippen LogP) is 3.31. The van der Waals surface area contributed by atoms with Gasteiger partial charge in [-0.3, -0.25) is 4.79 Å². The van der Waals surface area contributed by atoms with Gasteiger partial charge in [-0.25, -0.2) is 19.1 Å². The van der Waals surface area contributed by atoms with Gasteiger partial charge in [0.1, 0.15) is 23.2 Å². The number of nitrogens with one attached hydrogen (secondary N) is 1. The molecule has 3 heterocycles. The van der Waals surface area contributed by atoms with E-state index in [2.05, 4.69) is 16.9 Å². The summed E-state index contributed by atoms with van der Waals surface area (Å²) >= 11 is 0. The van der Waals surface area contributed by atoms with Crippen molar-refractivity contribution in [2.24, 2.45) is 5.92 Å². The molecule has 35 heavy (non-hydrogen) atoms. The molecule has 1 atom stereocenters. The molecule has 184 valence electrons. The molecule has 1 amide bonds. The highest BCUT2D eigenvalue weighted by atomic mass is 32.2. The van der Waals surface area contributed by atoms with E-state index in [1.54, 1.807) is 0 Å². The number of nitrogens with zero attached hydrogens (tertiary/aromatic N) is 3. The Hall–Kier alpha value is -3.73. The van der Waals surface area contributed by atoms with Crippen molar-refractivity contribution in [3.05, 3.63) is 59.9 Å². The van der Waals surface area contributed by atoms with Gasteiger partial charge in [0.05, 0.1) is 11.3 Å². The lowest BCUT2D eigenvalue weighted by molar-refractivity contribution is 0.0981. The Labute approximate surface area is 202 Å². The van der Waals surface area contributed by atoms with Crippen LogP contribution in [-0.4, -0.2) is 41.5 Å². The van der Waals surface area contributed by atoms with Crippen molar-refractivity contribution in [2.75, 3.05) is 17.2 Å². The Kier molecular flexibility index (Phi) is 6.14. The number of nitrogens with two attached hydrogens (primary N) is 1. The molecular weight excluding hydrogens is 473 g/mol. The Morgan fingerprint density at radius 1 is 1.20 bits per heavy atom. The van der Waals surface area contributed by atoms with Gasteiger partial charge in [0.2, 0.25) is 0 Å². The van der Waals surface area contributed by atoms with Gasteiger partial charge in [-0.2, -0.15) is 8.42 Å². The van der Waals surface area contributed by atoms with E-state index < -0.39 is 21.7 Å². The van der Waals surface area contributed by atoms with E-state index in [0.29, 0.717) is 17.8 Å². The number of sulfonamides is 1. The van der Waals surface area contributed by atoms with Crippen LogP contribution >= 0.6 is 0 Å². The largest absolute Gasteiger partial charge is 0.508 e. The molecule has 9 nitrogen and oxygen atoms in total. The summed E-state index contributed by atoms with van der Waals surface area (Å²) in [5.74, 6) is -1.27. The number of rotatable bonds is 5. The summed E-state index contributed by atoms with van der Waals surface area (Å²) < 4.78 is 41.6. The molecular formula is C24H26FN5O4S. The van der Waals surface area contributed by atoms with Gasteiger partial charge >= 0.3 is 0 Å². The molecule has 1 aromatic carbocycles. The van der Waals surface area contributed by atoms with Crippen molar-refractivity contribution in [3.8, 4) is 17.0 Å². The van der Waals surface area contributed by atoms with Crippen LogP contribution < -0.4 is 15.4 Å². The van der Waals surface area contributed by atoms with E-state index in [1.165, 1.54) is 42.5 Å². The Morgan fingerprint density at radius 2 is 1.94 bits per heavy atom. The standard InChI is InChI=1S/C24H26FN5O4S/c1-14-9-10-30(24(14,2)3)22-18(7-8-19(27-22)15-11-16(25)13-17(31)12-15)23(32)29-35(33,34)21-6-4-5-20(26)28-21/h4-8,11-14,31H,9-10H2,1-3H3,(H2,26,28)(H,29,32). The highest BCUT2D eigenvalue weighted by Crippen LogP contribution is 2.39. The molecule has 1 aliphatic heterocycles. The third-order valence-corrected chi connectivity index (χ3v) is 7.72. The molecule has 2 aromatic heterocycles. The minimum Gasteiger partial charge on any atom is -0.508 e. The average molecular weight is 500 g/mol. The first-order valence-corrected chi connectivity index (χ1v) is 12.4. The summed E-state index contributed by atoms with van der Waals surface area (Å²) in [5.41, 5.74) is 5.87. The summed E-state index contributed by atoms with van der Waals surface area (Å²) in [6.07, 6.45) is 0.840. The molecule has 1 saturated heterocycles. The fourth-order valence-electron chi connectivity index (χ4n) is 4.13. The molecule has 0 radical (unpaired) electrons. The maximum atomic E-state index is 13.9. The molecule has 0 aliphatic carbocycles. The molecule has 3 aromatic rings. The summed E-state index contributed by atoms with van der Waals surface area (Å²) in [6.45, 7) is 6.71. The first-order valence-electron chi connectivity index (χ1n) is 11.0. The van der Waals surface area contributed by atoms with Crippen LogP contribution in [0.1, 0.15) is 37.6 Å². The van der Waals surface area contributed by atoms with Crippen LogP contribution in [0.25, 0.3) is 11.3 Å². The maximum Gasteiger partial charge on any atom is 0.281 e. The van der Waals surface area contributed by atoms with Crippen molar-refractivity contribution in [1.29, 1.82) is 0 Å².